The second-order valence-corrected chi connectivity index (χ2v) is 6.18. The van der Waals surface area contributed by atoms with E-state index in [1.807, 2.05) is 0 Å². The number of hydrogen-bond donors (Lipinski definition) is 2. The quantitative estimate of drug-likeness (QED) is 0.793. The first-order chi connectivity index (χ1) is 8.33. The highest BCUT2D eigenvalue weighted by Crippen LogP contribution is 2.42. The lowest BCUT2D eigenvalue weighted by atomic mass is 9.67. The molecule has 0 heterocycles. The molecule has 0 aromatic heterocycles. The second kappa shape index (κ2) is 6.21. The zero-order valence-electron chi connectivity index (χ0n) is 11.7. The van der Waals surface area contributed by atoms with Gasteiger partial charge >= 0.3 is 5.97 Å². The lowest BCUT2D eigenvalue weighted by Crippen LogP contribution is -2.36. The molecule has 1 aliphatic rings. The molecule has 0 aromatic carbocycles. The van der Waals surface area contributed by atoms with E-state index in [0.29, 0.717) is 12.3 Å². The number of carbonyl (C=O) groups excluding carboxylic acids is 1. The molecule has 104 valence electrons. The van der Waals surface area contributed by atoms with E-state index in [1.165, 1.54) is 19.3 Å². The molecular formula is C14H25NO3. The van der Waals surface area contributed by atoms with Crippen molar-refractivity contribution in [2.24, 2.45) is 17.3 Å². The number of rotatable bonds is 5. The Balaban J connectivity index is 2.37. The van der Waals surface area contributed by atoms with Crippen molar-refractivity contribution < 1.29 is 14.7 Å². The molecule has 0 radical (unpaired) electrons. The van der Waals surface area contributed by atoms with Crippen LogP contribution in [0, 0.1) is 17.3 Å². The Bertz CT molecular complexity index is 312. The highest BCUT2D eigenvalue weighted by Gasteiger charge is 2.33. The Kier molecular flexibility index (Phi) is 5.17. The van der Waals surface area contributed by atoms with E-state index < -0.39 is 11.9 Å². The van der Waals surface area contributed by atoms with Crippen molar-refractivity contribution in [3.8, 4) is 0 Å². The molecule has 4 heteroatoms. The van der Waals surface area contributed by atoms with Crippen molar-refractivity contribution in [3.05, 3.63) is 0 Å². The largest absolute Gasteiger partial charge is 0.481 e. The van der Waals surface area contributed by atoms with Gasteiger partial charge in [-0.3, -0.25) is 9.59 Å². The third-order valence-electron chi connectivity index (χ3n) is 4.19. The average molecular weight is 255 g/mol. The van der Waals surface area contributed by atoms with Crippen molar-refractivity contribution in [3.63, 3.8) is 0 Å². The van der Waals surface area contributed by atoms with Crippen LogP contribution < -0.4 is 5.32 Å². The lowest BCUT2D eigenvalue weighted by Gasteiger charge is -2.38. The predicted molar refractivity (Wildman–Crippen MR) is 70.2 cm³/mol. The van der Waals surface area contributed by atoms with Gasteiger partial charge in [0.25, 0.3) is 0 Å². The fourth-order valence-corrected chi connectivity index (χ4v) is 2.59. The predicted octanol–water partition coefficient (Wildman–Crippen LogP) is 2.43. The number of carbonyl (C=O) groups is 2. The minimum Gasteiger partial charge on any atom is -0.481 e. The molecule has 1 aliphatic carbocycles. The summed E-state index contributed by atoms with van der Waals surface area (Å²) in [4.78, 5) is 22.5. The Morgan fingerprint density at radius 1 is 1.39 bits per heavy atom. The molecule has 0 saturated heterocycles. The van der Waals surface area contributed by atoms with Gasteiger partial charge in [-0.2, -0.15) is 0 Å². The van der Waals surface area contributed by atoms with E-state index in [4.69, 9.17) is 5.11 Å². The van der Waals surface area contributed by atoms with Crippen LogP contribution in [0.3, 0.4) is 0 Å². The Morgan fingerprint density at radius 2 is 2.06 bits per heavy atom. The molecule has 18 heavy (non-hydrogen) atoms. The second-order valence-electron chi connectivity index (χ2n) is 6.18. The molecule has 4 nitrogen and oxygen atoms in total. The SMILES string of the molecule is CC(CNC(=O)CC1CCCCC1(C)C)C(=O)O. The van der Waals surface area contributed by atoms with Gasteiger partial charge in [-0.15, -0.1) is 0 Å². The van der Waals surface area contributed by atoms with Crippen LogP contribution >= 0.6 is 0 Å². The standard InChI is InChI=1S/C14H25NO3/c1-10(13(17)18)9-15-12(16)8-11-6-4-5-7-14(11,2)3/h10-11H,4-9H2,1-3H3,(H,15,16)(H,17,18). The van der Waals surface area contributed by atoms with Gasteiger partial charge < -0.3 is 10.4 Å². The molecule has 2 unspecified atom stereocenters. The van der Waals surface area contributed by atoms with Crippen molar-refractivity contribution in [2.45, 2.75) is 52.9 Å². The monoisotopic (exact) mass is 255 g/mol. The van der Waals surface area contributed by atoms with E-state index in [0.717, 1.165) is 6.42 Å². The van der Waals surface area contributed by atoms with Crippen LogP contribution in [0.2, 0.25) is 0 Å². The highest BCUT2D eigenvalue weighted by molar-refractivity contribution is 5.77. The van der Waals surface area contributed by atoms with Crippen LogP contribution in [-0.2, 0) is 9.59 Å². The maximum atomic E-state index is 11.8. The van der Waals surface area contributed by atoms with Gasteiger partial charge in [0.05, 0.1) is 5.92 Å². The number of hydrogen-bond acceptors (Lipinski definition) is 2. The summed E-state index contributed by atoms with van der Waals surface area (Å²) in [7, 11) is 0. The zero-order valence-corrected chi connectivity index (χ0v) is 11.7. The number of carboxylic acid groups (broad SMARTS) is 1. The van der Waals surface area contributed by atoms with Crippen LogP contribution in [0.15, 0.2) is 0 Å². The highest BCUT2D eigenvalue weighted by atomic mass is 16.4. The molecule has 0 spiro atoms. The topological polar surface area (TPSA) is 66.4 Å². The Labute approximate surface area is 109 Å². The minimum absolute atomic E-state index is 0.0110. The van der Waals surface area contributed by atoms with Gasteiger partial charge in [0.15, 0.2) is 0 Å². The summed E-state index contributed by atoms with van der Waals surface area (Å²) in [6.07, 6.45) is 5.26. The lowest BCUT2D eigenvalue weighted by molar-refractivity contribution is -0.141. The summed E-state index contributed by atoms with van der Waals surface area (Å²) in [5.41, 5.74) is 0.230. The molecule has 2 N–H and O–H groups in total. The van der Waals surface area contributed by atoms with Crippen LogP contribution in [0.1, 0.15) is 52.9 Å². The fourth-order valence-electron chi connectivity index (χ4n) is 2.59. The van der Waals surface area contributed by atoms with E-state index in [-0.39, 0.29) is 17.9 Å². The fraction of sp³-hybridized carbons (Fsp3) is 0.857. The zero-order chi connectivity index (χ0) is 13.8. The molecular weight excluding hydrogens is 230 g/mol. The van der Waals surface area contributed by atoms with Gasteiger partial charge in [0.2, 0.25) is 5.91 Å². The number of nitrogens with one attached hydrogen (secondary N) is 1. The molecule has 0 aliphatic heterocycles. The normalized spacial score (nSPS) is 24.3. The van der Waals surface area contributed by atoms with E-state index >= 15 is 0 Å². The summed E-state index contributed by atoms with van der Waals surface area (Å²) in [5, 5.41) is 11.5. The van der Waals surface area contributed by atoms with Crippen LogP contribution in [0.4, 0.5) is 0 Å². The Hall–Kier alpha value is -1.06. The summed E-state index contributed by atoms with van der Waals surface area (Å²) >= 11 is 0. The van der Waals surface area contributed by atoms with Crippen LogP contribution in [-0.4, -0.2) is 23.5 Å². The van der Waals surface area contributed by atoms with E-state index in [2.05, 4.69) is 19.2 Å². The van der Waals surface area contributed by atoms with Crippen molar-refractivity contribution in [1.82, 2.24) is 5.32 Å². The minimum atomic E-state index is -0.867. The smallest absolute Gasteiger partial charge is 0.308 e. The maximum Gasteiger partial charge on any atom is 0.308 e. The molecule has 1 fully saturated rings. The summed E-state index contributed by atoms with van der Waals surface area (Å²) < 4.78 is 0. The number of amides is 1. The van der Waals surface area contributed by atoms with Crippen LogP contribution in [0.25, 0.3) is 0 Å². The van der Waals surface area contributed by atoms with Gasteiger partial charge in [-0.05, 0) is 24.2 Å². The van der Waals surface area contributed by atoms with Crippen molar-refractivity contribution >= 4 is 11.9 Å². The molecule has 1 rings (SSSR count). The Morgan fingerprint density at radius 3 is 2.61 bits per heavy atom. The maximum absolute atomic E-state index is 11.8. The van der Waals surface area contributed by atoms with E-state index in [9.17, 15) is 9.59 Å². The first kappa shape index (κ1) is 15.0. The summed E-state index contributed by atoms with van der Waals surface area (Å²) in [6, 6.07) is 0. The van der Waals surface area contributed by atoms with Gasteiger partial charge in [0, 0.05) is 13.0 Å². The third kappa shape index (κ3) is 4.31. The van der Waals surface area contributed by atoms with Crippen molar-refractivity contribution in [2.75, 3.05) is 6.54 Å². The molecule has 2 atom stereocenters. The molecule has 1 amide bonds. The van der Waals surface area contributed by atoms with Crippen molar-refractivity contribution in [1.29, 1.82) is 0 Å². The first-order valence-corrected chi connectivity index (χ1v) is 6.82. The molecule has 0 aromatic rings. The van der Waals surface area contributed by atoms with Gasteiger partial charge in [-0.1, -0.05) is 33.6 Å². The van der Waals surface area contributed by atoms with Gasteiger partial charge in [0.1, 0.15) is 0 Å². The van der Waals surface area contributed by atoms with E-state index in [1.54, 1.807) is 6.92 Å². The molecule has 1 saturated carbocycles. The third-order valence-corrected chi connectivity index (χ3v) is 4.19. The first-order valence-electron chi connectivity index (χ1n) is 6.82. The average Bonchev–Trinajstić information content (AvgIpc) is 2.28. The van der Waals surface area contributed by atoms with Gasteiger partial charge in [-0.25, -0.2) is 0 Å². The van der Waals surface area contributed by atoms with Crippen LogP contribution in [0.5, 0.6) is 0 Å². The summed E-state index contributed by atoms with van der Waals surface area (Å²) in [5.74, 6) is -0.976. The molecule has 0 bridgehead atoms. The number of aliphatic carboxylic acids is 1. The number of carboxylic acids is 1. The summed E-state index contributed by atoms with van der Waals surface area (Å²) in [6.45, 7) is 6.28.